The van der Waals surface area contributed by atoms with Crippen molar-refractivity contribution in [2.24, 2.45) is 0 Å². The van der Waals surface area contributed by atoms with Crippen molar-refractivity contribution >= 4 is 5.57 Å². The van der Waals surface area contributed by atoms with Crippen molar-refractivity contribution in [1.29, 1.82) is 0 Å². The summed E-state index contributed by atoms with van der Waals surface area (Å²) in [6, 6.07) is 10.9. The van der Waals surface area contributed by atoms with Gasteiger partial charge in [-0.15, -0.1) is 0 Å². The van der Waals surface area contributed by atoms with Crippen LogP contribution in [0, 0.1) is 0 Å². The molecule has 0 saturated carbocycles. The van der Waals surface area contributed by atoms with Gasteiger partial charge in [-0.2, -0.15) is 0 Å². The van der Waals surface area contributed by atoms with E-state index in [1.54, 1.807) is 0 Å². The Morgan fingerprint density at radius 2 is 2.08 bits per heavy atom. The zero-order chi connectivity index (χ0) is 9.10. The average molecular weight is 173 g/mol. The van der Waals surface area contributed by atoms with E-state index in [9.17, 15) is 0 Å². The third-order valence-corrected chi connectivity index (χ3v) is 2.63. The van der Waals surface area contributed by atoms with Crippen LogP contribution in [0.1, 0.15) is 18.4 Å². The largest absolute Gasteiger partial charge is 0.310 e. The predicted molar refractivity (Wildman–Crippen MR) is 56.5 cm³/mol. The lowest BCUT2D eigenvalue weighted by Gasteiger charge is -2.13. The van der Waals surface area contributed by atoms with Gasteiger partial charge in [0.15, 0.2) is 0 Å². The molecule has 1 fully saturated rings. The zero-order valence-corrected chi connectivity index (χ0v) is 7.79. The Morgan fingerprint density at radius 3 is 2.69 bits per heavy atom. The van der Waals surface area contributed by atoms with E-state index in [4.69, 9.17) is 0 Å². The van der Waals surface area contributed by atoms with E-state index in [0.29, 0.717) is 6.04 Å². The topological polar surface area (TPSA) is 12.0 Å². The fraction of sp³-hybridized carbons (Fsp3) is 0.333. The van der Waals surface area contributed by atoms with Crippen LogP contribution in [0.4, 0.5) is 0 Å². The summed E-state index contributed by atoms with van der Waals surface area (Å²) >= 11 is 0. The van der Waals surface area contributed by atoms with E-state index in [-0.39, 0.29) is 0 Å². The standard InChI is InChI=1S/C12H15N/c1-10(12-8-5-9-13-12)11-6-3-2-4-7-11/h2-4,6-7,12-13H,1,5,8-9H2. The third kappa shape index (κ3) is 1.81. The molecule has 1 atom stereocenters. The number of nitrogens with one attached hydrogen (secondary N) is 1. The van der Waals surface area contributed by atoms with Crippen molar-refractivity contribution in [3.63, 3.8) is 0 Å². The Bertz CT molecular complexity index is 283. The molecule has 1 N–H and O–H groups in total. The van der Waals surface area contributed by atoms with Crippen molar-refractivity contribution in [2.45, 2.75) is 18.9 Å². The zero-order valence-electron chi connectivity index (χ0n) is 7.79. The van der Waals surface area contributed by atoms with E-state index in [1.165, 1.54) is 24.0 Å². The average Bonchev–Trinajstić information content (AvgIpc) is 2.71. The quantitative estimate of drug-likeness (QED) is 0.724. The second-order valence-electron chi connectivity index (χ2n) is 3.54. The first-order chi connectivity index (χ1) is 6.38. The van der Waals surface area contributed by atoms with E-state index < -0.39 is 0 Å². The lowest BCUT2D eigenvalue weighted by atomic mass is 9.99. The number of hydrogen-bond donors (Lipinski definition) is 1. The molecule has 1 aromatic carbocycles. The molecule has 1 heterocycles. The first-order valence-electron chi connectivity index (χ1n) is 4.85. The summed E-state index contributed by atoms with van der Waals surface area (Å²) in [6.07, 6.45) is 2.50. The highest BCUT2D eigenvalue weighted by molar-refractivity contribution is 5.67. The van der Waals surface area contributed by atoms with Gasteiger partial charge in [-0.3, -0.25) is 0 Å². The van der Waals surface area contributed by atoms with Crippen LogP contribution in [0.25, 0.3) is 5.57 Å². The van der Waals surface area contributed by atoms with E-state index in [0.717, 1.165) is 6.54 Å². The minimum atomic E-state index is 0.502. The van der Waals surface area contributed by atoms with Crippen molar-refractivity contribution in [2.75, 3.05) is 6.54 Å². The first-order valence-corrected chi connectivity index (χ1v) is 4.85. The third-order valence-electron chi connectivity index (χ3n) is 2.63. The first kappa shape index (κ1) is 8.52. The number of rotatable bonds is 2. The van der Waals surface area contributed by atoms with Crippen LogP contribution in [-0.2, 0) is 0 Å². The molecule has 0 aromatic heterocycles. The highest BCUT2D eigenvalue weighted by atomic mass is 14.9. The molecule has 1 heteroatoms. The molecular weight excluding hydrogens is 158 g/mol. The molecule has 1 aromatic rings. The summed E-state index contributed by atoms with van der Waals surface area (Å²) in [6.45, 7) is 5.28. The maximum atomic E-state index is 4.14. The predicted octanol–water partition coefficient (Wildman–Crippen LogP) is 2.45. The molecular formula is C12H15N. The van der Waals surface area contributed by atoms with Crippen molar-refractivity contribution in [3.05, 3.63) is 42.5 Å². The van der Waals surface area contributed by atoms with E-state index >= 15 is 0 Å². The Hall–Kier alpha value is -1.08. The Morgan fingerprint density at radius 1 is 1.31 bits per heavy atom. The van der Waals surface area contributed by atoms with Crippen LogP contribution in [-0.4, -0.2) is 12.6 Å². The van der Waals surface area contributed by atoms with Gasteiger partial charge >= 0.3 is 0 Å². The van der Waals surface area contributed by atoms with Crippen LogP contribution >= 0.6 is 0 Å². The molecule has 1 aliphatic heterocycles. The normalized spacial score (nSPS) is 21.7. The molecule has 68 valence electrons. The van der Waals surface area contributed by atoms with Crippen molar-refractivity contribution < 1.29 is 0 Å². The maximum Gasteiger partial charge on any atom is 0.0320 e. The molecule has 0 bridgehead atoms. The highest BCUT2D eigenvalue weighted by Gasteiger charge is 2.17. The van der Waals surface area contributed by atoms with Gasteiger partial charge in [-0.05, 0) is 30.5 Å². The van der Waals surface area contributed by atoms with Crippen LogP contribution in [0.5, 0.6) is 0 Å². The number of benzene rings is 1. The molecule has 0 aliphatic carbocycles. The van der Waals surface area contributed by atoms with Crippen LogP contribution in [0.3, 0.4) is 0 Å². The highest BCUT2D eigenvalue weighted by Crippen LogP contribution is 2.21. The van der Waals surface area contributed by atoms with E-state index in [1.807, 2.05) is 6.07 Å². The summed E-state index contributed by atoms with van der Waals surface area (Å²) in [4.78, 5) is 0. The van der Waals surface area contributed by atoms with Crippen molar-refractivity contribution in [3.8, 4) is 0 Å². The van der Waals surface area contributed by atoms with E-state index in [2.05, 4.69) is 36.2 Å². The van der Waals surface area contributed by atoms with Gasteiger partial charge in [0.25, 0.3) is 0 Å². The Balaban J connectivity index is 2.13. The second kappa shape index (κ2) is 3.75. The minimum Gasteiger partial charge on any atom is -0.310 e. The number of hydrogen-bond acceptors (Lipinski definition) is 1. The summed E-state index contributed by atoms with van der Waals surface area (Å²) < 4.78 is 0. The SMILES string of the molecule is C=C(c1ccccc1)C1CCCN1. The lowest BCUT2D eigenvalue weighted by molar-refractivity contribution is 0.745. The summed E-state index contributed by atoms with van der Waals surface area (Å²) in [7, 11) is 0. The van der Waals surface area contributed by atoms with Crippen molar-refractivity contribution in [1.82, 2.24) is 5.32 Å². The Kier molecular flexibility index (Phi) is 2.46. The molecule has 1 nitrogen and oxygen atoms in total. The van der Waals surface area contributed by atoms with Gasteiger partial charge in [0.05, 0.1) is 0 Å². The Labute approximate surface area is 79.5 Å². The minimum absolute atomic E-state index is 0.502. The van der Waals surface area contributed by atoms with Crippen LogP contribution in [0.15, 0.2) is 36.9 Å². The molecule has 0 amide bonds. The summed E-state index contributed by atoms with van der Waals surface area (Å²) in [5, 5.41) is 3.46. The molecule has 1 aliphatic rings. The van der Waals surface area contributed by atoms with Crippen LogP contribution in [0.2, 0.25) is 0 Å². The van der Waals surface area contributed by atoms with Gasteiger partial charge in [-0.1, -0.05) is 36.9 Å². The summed E-state index contributed by atoms with van der Waals surface area (Å²) in [5.41, 5.74) is 2.50. The molecule has 0 radical (unpaired) electrons. The smallest absolute Gasteiger partial charge is 0.0320 e. The van der Waals surface area contributed by atoms with Crippen LogP contribution < -0.4 is 5.32 Å². The van der Waals surface area contributed by atoms with Gasteiger partial charge in [0.2, 0.25) is 0 Å². The lowest BCUT2D eigenvalue weighted by Crippen LogP contribution is -2.22. The second-order valence-corrected chi connectivity index (χ2v) is 3.54. The molecule has 0 spiro atoms. The van der Waals surface area contributed by atoms with Gasteiger partial charge in [-0.25, -0.2) is 0 Å². The van der Waals surface area contributed by atoms with Gasteiger partial charge < -0.3 is 5.32 Å². The fourth-order valence-electron chi connectivity index (χ4n) is 1.84. The van der Waals surface area contributed by atoms with Gasteiger partial charge in [0.1, 0.15) is 0 Å². The molecule has 1 saturated heterocycles. The van der Waals surface area contributed by atoms with Gasteiger partial charge in [0, 0.05) is 6.04 Å². The maximum absolute atomic E-state index is 4.14. The molecule has 2 rings (SSSR count). The monoisotopic (exact) mass is 173 g/mol. The fourth-order valence-corrected chi connectivity index (χ4v) is 1.84. The molecule has 13 heavy (non-hydrogen) atoms. The molecule has 1 unspecified atom stereocenters. The summed E-state index contributed by atoms with van der Waals surface area (Å²) in [5.74, 6) is 0.